The van der Waals surface area contributed by atoms with Crippen LogP contribution in [0.1, 0.15) is 5.82 Å². The summed E-state index contributed by atoms with van der Waals surface area (Å²) in [6.07, 6.45) is 3.36. The van der Waals surface area contributed by atoms with Crippen LogP contribution in [0, 0.1) is 0 Å². The van der Waals surface area contributed by atoms with E-state index in [0.717, 1.165) is 5.75 Å². The number of nitrogens with zero attached hydrogens (tertiary/aromatic N) is 4. The summed E-state index contributed by atoms with van der Waals surface area (Å²) in [5, 5.41) is 8.33. The molecule has 0 spiro atoms. The van der Waals surface area contributed by atoms with Crippen molar-refractivity contribution in [3.63, 3.8) is 0 Å². The molecule has 0 fully saturated rings. The number of fused-ring (bicyclic) bond motifs is 1. The van der Waals surface area contributed by atoms with Gasteiger partial charge in [0.15, 0.2) is 16.6 Å². The Balaban J connectivity index is 1.85. The summed E-state index contributed by atoms with van der Waals surface area (Å²) in [6.45, 7) is 0.325. The van der Waals surface area contributed by atoms with Crippen molar-refractivity contribution in [1.82, 2.24) is 19.6 Å². The van der Waals surface area contributed by atoms with Gasteiger partial charge >= 0.3 is 0 Å². The minimum atomic E-state index is 0.325. The summed E-state index contributed by atoms with van der Waals surface area (Å²) < 4.78 is 7.37. The van der Waals surface area contributed by atoms with Crippen LogP contribution < -0.4 is 4.74 Å². The van der Waals surface area contributed by atoms with E-state index >= 15 is 0 Å². The molecule has 0 aliphatic heterocycles. The smallest absolute Gasteiger partial charge is 0.198 e. The Morgan fingerprint density at radius 2 is 2.00 bits per heavy atom. The lowest BCUT2D eigenvalue weighted by molar-refractivity contribution is 0.294. The molecule has 0 saturated heterocycles. The largest absolute Gasteiger partial charge is 0.486 e. The van der Waals surface area contributed by atoms with E-state index < -0.39 is 0 Å². The van der Waals surface area contributed by atoms with E-state index in [1.54, 1.807) is 16.8 Å². The van der Waals surface area contributed by atoms with Gasteiger partial charge in [-0.3, -0.25) is 4.40 Å². The third kappa shape index (κ3) is 2.00. The third-order valence-corrected chi connectivity index (χ3v) is 2.73. The average Bonchev–Trinajstić information content (AvgIpc) is 2.82. The Bertz CT molecular complexity index is 668. The molecule has 2 aromatic heterocycles. The van der Waals surface area contributed by atoms with Crippen LogP contribution >= 0.6 is 11.6 Å². The van der Waals surface area contributed by atoms with Crippen LogP contribution in [0.5, 0.6) is 5.75 Å². The predicted molar refractivity (Wildman–Crippen MR) is 66.6 cm³/mol. The van der Waals surface area contributed by atoms with E-state index in [2.05, 4.69) is 15.2 Å². The van der Waals surface area contributed by atoms with Gasteiger partial charge in [0.05, 0.1) is 0 Å². The van der Waals surface area contributed by atoms with E-state index in [-0.39, 0.29) is 0 Å². The molecule has 3 rings (SSSR count). The van der Waals surface area contributed by atoms with Crippen LogP contribution in [-0.2, 0) is 6.61 Å². The van der Waals surface area contributed by atoms with Gasteiger partial charge in [-0.2, -0.15) is 0 Å². The number of rotatable bonds is 3. The maximum atomic E-state index is 5.91. The van der Waals surface area contributed by atoms with Crippen LogP contribution in [0.3, 0.4) is 0 Å². The highest BCUT2D eigenvalue weighted by molar-refractivity contribution is 6.32. The Morgan fingerprint density at radius 1 is 1.17 bits per heavy atom. The molecule has 0 N–H and O–H groups in total. The quantitative estimate of drug-likeness (QED) is 0.725. The maximum absolute atomic E-state index is 5.91. The maximum Gasteiger partial charge on any atom is 0.198 e. The van der Waals surface area contributed by atoms with E-state index in [1.807, 2.05) is 30.3 Å². The summed E-state index contributed by atoms with van der Waals surface area (Å²) in [4.78, 5) is 3.94. The molecular formula is C12H9ClN4O. The number of halogens is 1. The van der Waals surface area contributed by atoms with Gasteiger partial charge in [-0.05, 0) is 12.1 Å². The summed E-state index contributed by atoms with van der Waals surface area (Å²) >= 11 is 5.91. The van der Waals surface area contributed by atoms with E-state index in [1.165, 1.54) is 0 Å². The molecule has 3 aromatic rings. The lowest BCUT2D eigenvalue weighted by Crippen LogP contribution is -2.01. The zero-order valence-electron chi connectivity index (χ0n) is 9.32. The number of aromatic nitrogens is 4. The second-order valence-corrected chi connectivity index (χ2v) is 3.99. The fourth-order valence-corrected chi connectivity index (χ4v) is 1.79. The highest BCUT2D eigenvalue weighted by Crippen LogP contribution is 2.14. The molecule has 0 aliphatic carbocycles. The molecule has 0 bridgehead atoms. The summed E-state index contributed by atoms with van der Waals surface area (Å²) in [5.74, 6) is 1.47. The van der Waals surface area contributed by atoms with Gasteiger partial charge in [0.25, 0.3) is 0 Å². The molecule has 0 amide bonds. The molecule has 2 heterocycles. The minimum absolute atomic E-state index is 0.325. The van der Waals surface area contributed by atoms with Crippen LogP contribution in [0.15, 0.2) is 42.7 Å². The van der Waals surface area contributed by atoms with Gasteiger partial charge < -0.3 is 4.74 Å². The summed E-state index contributed by atoms with van der Waals surface area (Å²) in [6, 6.07) is 9.54. The normalized spacial score (nSPS) is 10.7. The summed E-state index contributed by atoms with van der Waals surface area (Å²) in [7, 11) is 0. The van der Waals surface area contributed by atoms with Gasteiger partial charge in [-0.25, -0.2) is 4.98 Å². The van der Waals surface area contributed by atoms with E-state index in [4.69, 9.17) is 16.3 Å². The van der Waals surface area contributed by atoms with Gasteiger partial charge in [-0.15, -0.1) is 10.2 Å². The molecule has 6 heteroatoms. The Kier molecular flexibility index (Phi) is 2.82. The van der Waals surface area contributed by atoms with Crippen LogP contribution in [0.4, 0.5) is 0 Å². The topological polar surface area (TPSA) is 52.3 Å². The molecule has 0 aliphatic rings. The van der Waals surface area contributed by atoms with Crippen LogP contribution in [-0.4, -0.2) is 19.6 Å². The fraction of sp³-hybridized carbons (Fsp3) is 0.0833. The molecule has 0 atom stereocenters. The monoisotopic (exact) mass is 260 g/mol. The summed E-state index contributed by atoms with van der Waals surface area (Å²) in [5.41, 5.74) is 0.533. The lowest BCUT2D eigenvalue weighted by atomic mass is 10.3. The van der Waals surface area contributed by atoms with Crippen molar-refractivity contribution in [1.29, 1.82) is 0 Å². The predicted octanol–water partition coefficient (Wildman–Crippen LogP) is 2.36. The van der Waals surface area contributed by atoms with Gasteiger partial charge in [0, 0.05) is 12.4 Å². The lowest BCUT2D eigenvalue weighted by Gasteiger charge is -2.04. The van der Waals surface area contributed by atoms with Crippen LogP contribution in [0.25, 0.3) is 5.65 Å². The number of benzene rings is 1. The van der Waals surface area contributed by atoms with Gasteiger partial charge in [0.1, 0.15) is 12.4 Å². The zero-order chi connectivity index (χ0) is 12.4. The van der Waals surface area contributed by atoms with Crippen molar-refractivity contribution in [3.05, 3.63) is 53.7 Å². The number of ether oxygens (including phenoxy) is 1. The van der Waals surface area contributed by atoms with Crippen molar-refractivity contribution >= 4 is 17.2 Å². The molecule has 1 aromatic carbocycles. The third-order valence-electron chi connectivity index (χ3n) is 2.47. The Labute approximate surface area is 108 Å². The molecular weight excluding hydrogens is 252 g/mol. The first-order chi connectivity index (χ1) is 8.84. The number of hydrogen-bond acceptors (Lipinski definition) is 4. The van der Waals surface area contributed by atoms with E-state index in [0.29, 0.717) is 23.2 Å². The highest BCUT2D eigenvalue weighted by Gasteiger charge is 2.09. The molecule has 0 saturated carbocycles. The van der Waals surface area contributed by atoms with Gasteiger partial charge in [0.2, 0.25) is 0 Å². The second-order valence-electron chi connectivity index (χ2n) is 3.63. The van der Waals surface area contributed by atoms with Crippen molar-refractivity contribution in [2.24, 2.45) is 0 Å². The van der Waals surface area contributed by atoms with E-state index in [9.17, 15) is 0 Å². The fourth-order valence-electron chi connectivity index (χ4n) is 1.61. The second kappa shape index (κ2) is 4.62. The van der Waals surface area contributed by atoms with Gasteiger partial charge in [-0.1, -0.05) is 29.8 Å². The van der Waals surface area contributed by atoms with Crippen molar-refractivity contribution in [2.45, 2.75) is 6.61 Å². The SMILES string of the molecule is Clc1nccn2c(COc3ccccc3)nnc12. The molecule has 0 radical (unpaired) electrons. The molecule has 0 unspecified atom stereocenters. The first kappa shape index (κ1) is 11.0. The standard InChI is InChI=1S/C12H9ClN4O/c13-11-12-16-15-10(17(12)7-6-14-11)8-18-9-4-2-1-3-5-9/h1-7H,8H2. The molecule has 5 nitrogen and oxygen atoms in total. The first-order valence-electron chi connectivity index (χ1n) is 5.36. The zero-order valence-corrected chi connectivity index (χ0v) is 10.1. The van der Waals surface area contributed by atoms with Crippen LogP contribution in [0.2, 0.25) is 5.15 Å². The van der Waals surface area contributed by atoms with Crippen molar-refractivity contribution in [3.8, 4) is 5.75 Å². The van der Waals surface area contributed by atoms with Crippen molar-refractivity contribution < 1.29 is 4.74 Å². The minimum Gasteiger partial charge on any atom is -0.486 e. The van der Waals surface area contributed by atoms with Crippen molar-refractivity contribution in [2.75, 3.05) is 0 Å². The Morgan fingerprint density at radius 3 is 2.83 bits per heavy atom. The molecule has 90 valence electrons. The number of hydrogen-bond donors (Lipinski definition) is 0. The number of para-hydroxylation sites is 1. The Hall–Kier alpha value is -2.14. The average molecular weight is 261 g/mol. The molecule has 18 heavy (non-hydrogen) atoms. The highest BCUT2D eigenvalue weighted by atomic mass is 35.5. The first-order valence-corrected chi connectivity index (χ1v) is 5.74.